The number of nitrogens with two attached hydrogens (primary N) is 2. The molecule has 0 atom stereocenters. The van der Waals surface area contributed by atoms with E-state index in [-0.39, 0.29) is 18.5 Å². The number of methoxy groups -OCH3 is 3. The fraction of sp³-hybridized carbons (Fsp3) is 0.294. The summed E-state index contributed by atoms with van der Waals surface area (Å²) in [6, 6.07) is 9.85. The number of thiophene rings is 1. The summed E-state index contributed by atoms with van der Waals surface area (Å²) >= 11 is 1.48. The quantitative estimate of drug-likeness (QED) is 0.330. The highest BCUT2D eigenvalue weighted by Gasteiger charge is 2.22. The molecule has 1 heterocycles. The maximum atomic E-state index is 11.9. The highest BCUT2D eigenvalue weighted by atomic mass is 32.1. The largest absolute Gasteiger partial charge is 0.375 e. The van der Waals surface area contributed by atoms with Crippen molar-refractivity contribution in [1.29, 1.82) is 5.41 Å². The molecule has 0 fully saturated rings. The highest BCUT2D eigenvalue weighted by Crippen LogP contribution is 2.40. The Morgan fingerprint density at radius 1 is 1.19 bits per heavy atom. The number of benzene rings is 1. The Kier molecular flexibility index (Phi) is 9.31. The number of carbonyl (C=O) groups is 1. The first-order chi connectivity index (χ1) is 12.4. The molecule has 9 heteroatoms. The summed E-state index contributed by atoms with van der Waals surface area (Å²) in [4.78, 5) is 12.7. The first-order valence-corrected chi connectivity index (χ1v) is 8.43. The van der Waals surface area contributed by atoms with Gasteiger partial charge in [0.1, 0.15) is 6.61 Å². The minimum absolute atomic E-state index is 0.00581. The average molecular weight is 380 g/mol. The van der Waals surface area contributed by atoms with E-state index in [0.717, 1.165) is 16.0 Å². The van der Waals surface area contributed by atoms with Gasteiger partial charge in [0.25, 0.3) is 0 Å². The molecule has 0 aliphatic carbocycles. The lowest BCUT2D eigenvalue weighted by Crippen LogP contribution is -2.20. The van der Waals surface area contributed by atoms with Gasteiger partial charge in [0, 0.05) is 32.3 Å². The second-order valence-electron chi connectivity index (χ2n) is 4.99. The van der Waals surface area contributed by atoms with Crippen LogP contribution in [0.1, 0.15) is 11.2 Å². The van der Waals surface area contributed by atoms with Gasteiger partial charge in [-0.3, -0.25) is 10.2 Å². The van der Waals surface area contributed by atoms with Gasteiger partial charge in [-0.1, -0.05) is 30.3 Å². The van der Waals surface area contributed by atoms with Gasteiger partial charge in [-0.15, -0.1) is 11.3 Å². The smallest absolute Gasteiger partial charge is 0.250 e. The molecule has 8 nitrogen and oxygen atoms in total. The zero-order valence-corrected chi connectivity index (χ0v) is 15.8. The molecule has 26 heavy (non-hydrogen) atoms. The van der Waals surface area contributed by atoms with Crippen molar-refractivity contribution in [3.05, 3.63) is 40.6 Å². The van der Waals surface area contributed by atoms with Crippen LogP contribution in [0.2, 0.25) is 0 Å². The van der Waals surface area contributed by atoms with Crippen molar-refractivity contribution >= 4 is 28.9 Å². The summed E-state index contributed by atoms with van der Waals surface area (Å²) in [6.45, 7) is -0.00581. The van der Waals surface area contributed by atoms with E-state index in [2.05, 4.69) is 16.8 Å². The van der Waals surface area contributed by atoms with Crippen molar-refractivity contribution in [2.24, 2.45) is 11.5 Å². The lowest BCUT2D eigenvalue weighted by Gasteiger charge is -2.15. The number of guanidine groups is 1. The van der Waals surface area contributed by atoms with Crippen molar-refractivity contribution in [3.8, 4) is 11.1 Å². The standard InChI is InChI=1S/C16H19NO4S.CH5N3/c1-19-9-13(18)17-14-12(11-7-5-4-6-8-11)10-22-15(14)16(20-2)21-3;2-1(3)4/h4-8,10,16H,9H2,1-3H3,(H,17,18);(H5,2,3,4). The molecule has 0 unspecified atom stereocenters. The molecule has 1 amide bonds. The van der Waals surface area contributed by atoms with Gasteiger partial charge in [0.2, 0.25) is 5.91 Å². The minimum Gasteiger partial charge on any atom is -0.375 e. The lowest BCUT2D eigenvalue weighted by molar-refractivity contribution is -0.119. The van der Waals surface area contributed by atoms with E-state index in [1.54, 1.807) is 14.2 Å². The minimum atomic E-state index is -0.527. The van der Waals surface area contributed by atoms with Crippen molar-refractivity contribution < 1.29 is 19.0 Å². The molecule has 0 aliphatic rings. The Labute approximate surface area is 156 Å². The number of hydrogen-bond donors (Lipinski definition) is 4. The van der Waals surface area contributed by atoms with Gasteiger partial charge >= 0.3 is 0 Å². The van der Waals surface area contributed by atoms with Gasteiger partial charge in [-0.05, 0) is 5.56 Å². The van der Waals surface area contributed by atoms with E-state index in [0.29, 0.717) is 5.69 Å². The van der Waals surface area contributed by atoms with Crippen LogP contribution in [0.5, 0.6) is 0 Å². The van der Waals surface area contributed by atoms with Crippen LogP contribution in [0.3, 0.4) is 0 Å². The van der Waals surface area contributed by atoms with Crippen LogP contribution in [-0.2, 0) is 19.0 Å². The van der Waals surface area contributed by atoms with Crippen LogP contribution in [0.15, 0.2) is 35.7 Å². The molecule has 1 aromatic heterocycles. The predicted octanol–water partition coefficient (Wildman–Crippen LogP) is 2.13. The predicted molar refractivity (Wildman–Crippen MR) is 103 cm³/mol. The van der Waals surface area contributed by atoms with Crippen LogP contribution in [0.4, 0.5) is 5.69 Å². The van der Waals surface area contributed by atoms with Crippen LogP contribution < -0.4 is 16.8 Å². The molecule has 0 bridgehead atoms. The third kappa shape index (κ3) is 6.45. The van der Waals surface area contributed by atoms with Crippen molar-refractivity contribution in [2.45, 2.75) is 6.29 Å². The second-order valence-corrected chi connectivity index (χ2v) is 5.91. The van der Waals surface area contributed by atoms with Crippen LogP contribution in [0, 0.1) is 5.41 Å². The summed E-state index contributed by atoms with van der Waals surface area (Å²) in [5.74, 6) is -0.551. The van der Waals surface area contributed by atoms with Crippen molar-refractivity contribution in [2.75, 3.05) is 33.3 Å². The van der Waals surface area contributed by atoms with E-state index in [9.17, 15) is 4.79 Å². The second kappa shape index (κ2) is 11.2. The molecular formula is C17H24N4O4S. The van der Waals surface area contributed by atoms with E-state index in [1.165, 1.54) is 18.4 Å². The third-order valence-electron chi connectivity index (χ3n) is 3.09. The van der Waals surface area contributed by atoms with Crippen LogP contribution in [0.25, 0.3) is 11.1 Å². The molecule has 142 valence electrons. The van der Waals surface area contributed by atoms with Crippen molar-refractivity contribution in [3.63, 3.8) is 0 Å². The molecule has 1 aromatic carbocycles. The van der Waals surface area contributed by atoms with E-state index >= 15 is 0 Å². The monoisotopic (exact) mass is 380 g/mol. The number of amides is 1. The number of ether oxygens (including phenoxy) is 3. The molecule has 0 saturated heterocycles. The lowest BCUT2D eigenvalue weighted by atomic mass is 10.1. The summed E-state index contributed by atoms with van der Waals surface area (Å²) in [6.07, 6.45) is -0.527. The molecule has 2 aromatic rings. The molecule has 0 aliphatic heterocycles. The van der Waals surface area contributed by atoms with Gasteiger partial charge in [0.15, 0.2) is 12.2 Å². The maximum Gasteiger partial charge on any atom is 0.250 e. The Morgan fingerprint density at radius 2 is 1.77 bits per heavy atom. The average Bonchev–Trinajstić information content (AvgIpc) is 3.00. The SMILES string of the molecule is COCC(=O)Nc1c(-c2ccccc2)csc1C(OC)OC.N=C(N)N. The highest BCUT2D eigenvalue weighted by molar-refractivity contribution is 7.11. The van der Waals surface area contributed by atoms with E-state index < -0.39 is 6.29 Å². The number of rotatable bonds is 7. The van der Waals surface area contributed by atoms with Gasteiger partial charge < -0.3 is 31.0 Å². The Morgan fingerprint density at radius 3 is 2.27 bits per heavy atom. The normalized spacial score (nSPS) is 10.2. The molecule has 0 radical (unpaired) electrons. The Bertz CT molecular complexity index is 698. The molecular weight excluding hydrogens is 356 g/mol. The maximum absolute atomic E-state index is 11.9. The van der Waals surface area contributed by atoms with Gasteiger partial charge in [-0.25, -0.2) is 0 Å². The zero-order chi connectivity index (χ0) is 19.5. The molecule has 6 N–H and O–H groups in total. The number of anilines is 1. The number of nitrogens with one attached hydrogen (secondary N) is 2. The molecule has 0 spiro atoms. The Balaban J connectivity index is 0.000000765. The number of hydrogen-bond acceptors (Lipinski definition) is 6. The topological polar surface area (TPSA) is 133 Å². The fourth-order valence-electron chi connectivity index (χ4n) is 2.12. The summed E-state index contributed by atoms with van der Waals surface area (Å²) in [7, 11) is 4.62. The van der Waals surface area contributed by atoms with Gasteiger partial charge in [-0.2, -0.15) is 0 Å². The van der Waals surface area contributed by atoms with Gasteiger partial charge in [0.05, 0.1) is 10.6 Å². The first-order valence-electron chi connectivity index (χ1n) is 7.55. The summed E-state index contributed by atoms with van der Waals surface area (Å²) in [5, 5.41) is 10.9. The molecule has 2 rings (SSSR count). The zero-order valence-electron chi connectivity index (χ0n) is 14.9. The summed E-state index contributed by atoms with van der Waals surface area (Å²) < 4.78 is 15.5. The van der Waals surface area contributed by atoms with Crippen LogP contribution in [-0.4, -0.2) is 39.8 Å². The van der Waals surface area contributed by atoms with E-state index in [4.69, 9.17) is 19.6 Å². The fourth-order valence-corrected chi connectivity index (χ4v) is 3.20. The summed E-state index contributed by atoms with van der Waals surface area (Å²) in [5.41, 5.74) is 11.6. The van der Waals surface area contributed by atoms with E-state index in [1.807, 2.05) is 35.7 Å². The van der Waals surface area contributed by atoms with Crippen LogP contribution >= 0.6 is 11.3 Å². The molecule has 0 saturated carbocycles. The Hall–Kier alpha value is -2.46. The van der Waals surface area contributed by atoms with Crippen molar-refractivity contribution in [1.82, 2.24) is 0 Å². The first kappa shape index (κ1) is 21.6. The third-order valence-corrected chi connectivity index (χ3v) is 4.09. The number of carbonyl (C=O) groups excluding carboxylic acids is 1.